The first-order chi connectivity index (χ1) is 15.4. The fraction of sp³-hybridized carbons (Fsp3) is 0.435. The summed E-state index contributed by atoms with van der Waals surface area (Å²) in [6.45, 7) is 3.46. The lowest BCUT2D eigenvalue weighted by Crippen LogP contribution is -2.39. The summed E-state index contributed by atoms with van der Waals surface area (Å²) >= 11 is 0. The number of unbranched alkanes of at least 4 members (excludes halogenated alkanes) is 1. The molecule has 0 aliphatic carbocycles. The van der Waals surface area contributed by atoms with Crippen LogP contribution >= 0.6 is 0 Å². The van der Waals surface area contributed by atoms with Crippen molar-refractivity contribution < 1.29 is 23.4 Å². The number of phenols is 2. The molecule has 0 saturated carbocycles. The van der Waals surface area contributed by atoms with Gasteiger partial charge in [0.15, 0.2) is 0 Å². The van der Waals surface area contributed by atoms with E-state index in [-0.39, 0.29) is 23.7 Å². The van der Waals surface area contributed by atoms with Gasteiger partial charge in [0.2, 0.25) is 10.0 Å². The van der Waals surface area contributed by atoms with E-state index in [2.05, 4.69) is 10.2 Å². The van der Waals surface area contributed by atoms with Crippen LogP contribution in [0.1, 0.15) is 36.8 Å². The van der Waals surface area contributed by atoms with Crippen LogP contribution in [0.4, 0.5) is 5.69 Å². The topological polar surface area (TPSA) is 110 Å². The van der Waals surface area contributed by atoms with Crippen LogP contribution in [0, 0.1) is 0 Å². The second kappa shape index (κ2) is 9.48. The van der Waals surface area contributed by atoms with E-state index in [0.717, 1.165) is 68.1 Å². The molecule has 2 aliphatic heterocycles. The molecule has 0 spiro atoms. The number of rotatable bonds is 8. The molecule has 4 rings (SSSR count). The third-order valence-electron chi connectivity index (χ3n) is 6.21. The molecular weight excluding hydrogens is 430 g/mol. The van der Waals surface area contributed by atoms with Crippen molar-refractivity contribution in [1.29, 1.82) is 0 Å². The van der Waals surface area contributed by atoms with Crippen LogP contribution in [0.3, 0.4) is 0 Å². The Morgan fingerprint density at radius 3 is 2.50 bits per heavy atom. The summed E-state index contributed by atoms with van der Waals surface area (Å²) in [4.78, 5) is 12.7. The van der Waals surface area contributed by atoms with Crippen molar-refractivity contribution >= 4 is 22.0 Å². The number of nitrogens with one attached hydrogen (secondary N) is 1. The summed E-state index contributed by atoms with van der Waals surface area (Å²) in [5.74, 6) is -0.644. The summed E-state index contributed by atoms with van der Waals surface area (Å²) in [6, 6.07) is 9.84. The van der Waals surface area contributed by atoms with E-state index in [1.165, 1.54) is 16.4 Å². The molecule has 1 fully saturated rings. The molecule has 32 heavy (non-hydrogen) atoms. The van der Waals surface area contributed by atoms with Crippen LogP contribution in [0.2, 0.25) is 0 Å². The normalized spacial score (nSPS) is 17.9. The van der Waals surface area contributed by atoms with Gasteiger partial charge in [0.25, 0.3) is 0 Å². The molecule has 0 bridgehead atoms. The number of likely N-dealkylation sites (tertiary alicyclic amines) is 1. The highest BCUT2D eigenvalue weighted by atomic mass is 32.2. The maximum atomic E-state index is 13.0. The Kier molecular flexibility index (Phi) is 6.68. The summed E-state index contributed by atoms with van der Waals surface area (Å²) in [6.07, 6.45) is 4.56. The van der Waals surface area contributed by atoms with Crippen molar-refractivity contribution in [2.75, 3.05) is 25.0 Å². The number of nitrogens with zero attached hydrogens (tertiary/aromatic N) is 2. The largest absolute Gasteiger partial charge is 0.508 e. The second-order valence-corrected chi connectivity index (χ2v) is 10.4. The Labute approximate surface area is 188 Å². The van der Waals surface area contributed by atoms with E-state index >= 15 is 0 Å². The number of carbonyl (C=O) groups is 1. The Hall–Kier alpha value is -2.62. The zero-order chi connectivity index (χ0) is 22.7. The second-order valence-electron chi connectivity index (χ2n) is 8.48. The predicted octanol–water partition coefficient (Wildman–Crippen LogP) is 2.66. The average Bonchev–Trinajstić information content (AvgIpc) is 3.19. The first-order valence-corrected chi connectivity index (χ1v) is 12.4. The Morgan fingerprint density at radius 2 is 1.78 bits per heavy atom. The van der Waals surface area contributed by atoms with Crippen LogP contribution in [0.25, 0.3) is 0 Å². The molecule has 1 saturated heterocycles. The minimum Gasteiger partial charge on any atom is -0.508 e. The average molecular weight is 460 g/mol. The molecule has 2 heterocycles. The van der Waals surface area contributed by atoms with Crippen molar-refractivity contribution in [2.45, 2.75) is 49.7 Å². The SMILES string of the molecule is O=CCCCN1CCC(Nc2ccc3c(c2)CN(S(=O)(=O)c2ccc(O)cc2O)C3)CC1. The molecule has 2 aromatic carbocycles. The monoisotopic (exact) mass is 459 g/mol. The number of benzene rings is 2. The van der Waals surface area contributed by atoms with E-state index in [9.17, 15) is 23.4 Å². The molecule has 3 N–H and O–H groups in total. The van der Waals surface area contributed by atoms with Crippen LogP contribution in [-0.2, 0) is 27.9 Å². The number of aromatic hydroxyl groups is 2. The standard InChI is InChI=1S/C23H29N3O5S/c27-12-2-1-9-25-10-7-19(8-11-25)24-20-4-3-17-15-26(16-18(17)13-20)32(30,31)23-6-5-21(28)14-22(23)29/h3-6,12-14,19,24,28-29H,1-2,7-11,15-16H2. The summed E-state index contributed by atoms with van der Waals surface area (Å²) < 4.78 is 27.4. The van der Waals surface area contributed by atoms with Crippen molar-refractivity contribution in [3.63, 3.8) is 0 Å². The van der Waals surface area contributed by atoms with E-state index in [0.29, 0.717) is 12.5 Å². The number of hydrogen-bond donors (Lipinski definition) is 3. The minimum absolute atomic E-state index is 0.186. The van der Waals surface area contributed by atoms with Gasteiger partial charge in [-0.1, -0.05) is 6.07 Å². The highest BCUT2D eigenvalue weighted by Crippen LogP contribution is 2.35. The smallest absolute Gasteiger partial charge is 0.247 e. The first-order valence-electron chi connectivity index (χ1n) is 10.9. The zero-order valence-corrected chi connectivity index (χ0v) is 18.7. The number of hydrogen-bond acceptors (Lipinski definition) is 7. The Balaban J connectivity index is 1.37. The Morgan fingerprint density at radius 1 is 1.03 bits per heavy atom. The lowest BCUT2D eigenvalue weighted by Gasteiger charge is -2.32. The zero-order valence-electron chi connectivity index (χ0n) is 17.9. The third kappa shape index (κ3) is 4.90. The van der Waals surface area contributed by atoms with Crippen molar-refractivity contribution in [2.24, 2.45) is 0 Å². The van der Waals surface area contributed by atoms with Gasteiger partial charge in [-0.3, -0.25) is 0 Å². The van der Waals surface area contributed by atoms with Gasteiger partial charge < -0.3 is 25.2 Å². The number of fused-ring (bicyclic) bond motifs is 1. The molecule has 0 unspecified atom stereocenters. The maximum absolute atomic E-state index is 13.0. The number of aldehydes is 1. The van der Waals surface area contributed by atoms with Gasteiger partial charge in [-0.05, 0) is 61.2 Å². The number of sulfonamides is 1. The van der Waals surface area contributed by atoms with E-state index in [1.54, 1.807) is 0 Å². The van der Waals surface area contributed by atoms with Gasteiger partial charge in [-0.15, -0.1) is 0 Å². The fourth-order valence-electron chi connectivity index (χ4n) is 4.42. The van der Waals surface area contributed by atoms with Gasteiger partial charge in [0.05, 0.1) is 0 Å². The molecule has 0 amide bonds. The van der Waals surface area contributed by atoms with Crippen LogP contribution in [0.15, 0.2) is 41.3 Å². The predicted molar refractivity (Wildman–Crippen MR) is 121 cm³/mol. The maximum Gasteiger partial charge on any atom is 0.247 e. The van der Waals surface area contributed by atoms with Crippen LogP contribution in [-0.4, -0.2) is 59.8 Å². The molecule has 8 nitrogen and oxygen atoms in total. The van der Waals surface area contributed by atoms with Crippen molar-refractivity contribution in [3.05, 3.63) is 47.5 Å². The highest BCUT2D eigenvalue weighted by Gasteiger charge is 2.32. The number of phenolic OH excluding ortho intramolecular Hbond substituents is 2. The van der Waals surface area contributed by atoms with Gasteiger partial charge in [0, 0.05) is 50.4 Å². The molecule has 0 atom stereocenters. The van der Waals surface area contributed by atoms with Gasteiger partial charge in [0.1, 0.15) is 22.7 Å². The van der Waals surface area contributed by atoms with E-state index in [4.69, 9.17) is 0 Å². The van der Waals surface area contributed by atoms with E-state index < -0.39 is 15.8 Å². The molecule has 0 radical (unpaired) electrons. The van der Waals surface area contributed by atoms with Crippen molar-refractivity contribution in [1.82, 2.24) is 9.21 Å². The number of piperidine rings is 1. The van der Waals surface area contributed by atoms with Crippen molar-refractivity contribution in [3.8, 4) is 11.5 Å². The quantitative estimate of drug-likeness (QED) is 0.411. The van der Waals surface area contributed by atoms with Crippen LogP contribution in [0.5, 0.6) is 11.5 Å². The lowest BCUT2D eigenvalue weighted by atomic mass is 10.0. The first kappa shape index (κ1) is 22.6. The fourth-order valence-corrected chi connectivity index (χ4v) is 5.88. The van der Waals surface area contributed by atoms with Gasteiger partial charge in [-0.2, -0.15) is 4.31 Å². The lowest BCUT2D eigenvalue weighted by molar-refractivity contribution is -0.108. The van der Waals surface area contributed by atoms with Crippen LogP contribution < -0.4 is 5.32 Å². The van der Waals surface area contributed by atoms with Gasteiger partial charge >= 0.3 is 0 Å². The molecule has 2 aliphatic rings. The Bertz CT molecular complexity index is 1080. The summed E-state index contributed by atoms with van der Waals surface area (Å²) in [5.41, 5.74) is 2.88. The number of carbonyl (C=O) groups excluding carboxylic acids is 1. The third-order valence-corrected chi connectivity index (χ3v) is 8.05. The van der Waals surface area contributed by atoms with Gasteiger partial charge in [-0.25, -0.2) is 8.42 Å². The summed E-state index contributed by atoms with van der Waals surface area (Å²) in [5, 5.41) is 23.0. The van der Waals surface area contributed by atoms with E-state index in [1.807, 2.05) is 18.2 Å². The molecule has 172 valence electrons. The highest BCUT2D eigenvalue weighted by molar-refractivity contribution is 7.89. The summed E-state index contributed by atoms with van der Waals surface area (Å²) in [7, 11) is -3.89. The molecule has 2 aromatic rings. The minimum atomic E-state index is -3.89. The molecular formula is C23H29N3O5S. The number of anilines is 1. The molecule has 0 aromatic heterocycles. The molecule has 9 heteroatoms.